The van der Waals surface area contributed by atoms with Crippen molar-refractivity contribution in [2.75, 3.05) is 18.5 Å². The molecule has 4 aromatic rings. The van der Waals surface area contributed by atoms with Crippen LogP contribution in [0.15, 0.2) is 29.5 Å². The lowest BCUT2D eigenvalue weighted by atomic mass is 10.1. The summed E-state index contributed by atoms with van der Waals surface area (Å²) in [6, 6.07) is 2.02. The summed E-state index contributed by atoms with van der Waals surface area (Å²) in [5.74, 6) is 1.04. The van der Waals surface area contributed by atoms with Gasteiger partial charge in [0, 0.05) is 38.7 Å². The Morgan fingerprint density at radius 1 is 1.25 bits per heavy atom. The Hall–Kier alpha value is -3.27. The highest BCUT2D eigenvalue weighted by Gasteiger charge is 2.23. The summed E-state index contributed by atoms with van der Waals surface area (Å²) in [7, 11) is 1.75. The van der Waals surface area contributed by atoms with E-state index in [0.717, 1.165) is 24.1 Å². The number of nitrogens with one attached hydrogen (secondary N) is 1. The van der Waals surface area contributed by atoms with E-state index in [-0.39, 0.29) is 11.7 Å². The van der Waals surface area contributed by atoms with Crippen molar-refractivity contribution >= 4 is 28.6 Å². The van der Waals surface area contributed by atoms with Crippen LogP contribution in [-0.4, -0.2) is 46.9 Å². The first kappa shape index (κ1) is 16.9. The number of anilines is 2. The standard InChI is InChI=1S/C18H20N8O2/c1-11-9-14-19-5-6-25(14)23-15(11)21-17-20-10-13-16(22-17)26(18(27)24(13)2)12-3-7-28-8-4-12/h5-6,9-10,12H,3-4,7-8H2,1-2H3,(H,20,21,22,23). The Labute approximate surface area is 159 Å². The molecule has 0 spiro atoms. The molecular formula is C18H20N8O2. The van der Waals surface area contributed by atoms with Gasteiger partial charge in [0.25, 0.3) is 0 Å². The third-order valence-corrected chi connectivity index (χ3v) is 5.20. The molecule has 10 nitrogen and oxygen atoms in total. The molecule has 5 heterocycles. The molecule has 0 radical (unpaired) electrons. The Bertz CT molecular complexity index is 1230. The zero-order chi connectivity index (χ0) is 19.3. The number of ether oxygens (including phenoxy) is 1. The molecule has 144 valence electrons. The summed E-state index contributed by atoms with van der Waals surface area (Å²) in [5, 5.41) is 7.69. The maximum atomic E-state index is 12.8. The van der Waals surface area contributed by atoms with E-state index in [9.17, 15) is 4.79 Å². The summed E-state index contributed by atoms with van der Waals surface area (Å²) in [6.45, 7) is 3.25. The smallest absolute Gasteiger partial charge is 0.330 e. The van der Waals surface area contributed by atoms with Gasteiger partial charge in [-0.05, 0) is 31.4 Å². The molecule has 0 aliphatic carbocycles. The van der Waals surface area contributed by atoms with Crippen molar-refractivity contribution < 1.29 is 4.74 Å². The molecule has 0 atom stereocenters. The molecule has 1 aliphatic heterocycles. The van der Waals surface area contributed by atoms with Gasteiger partial charge < -0.3 is 10.1 Å². The molecule has 1 saturated heterocycles. The van der Waals surface area contributed by atoms with E-state index < -0.39 is 0 Å². The molecule has 0 saturated carbocycles. The van der Waals surface area contributed by atoms with E-state index in [1.807, 2.05) is 13.0 Å². The second-order valence-electron chi connectivity index (χ2n) is 6.99. The van der Waals surface area contributed by atoms with Gasteiger partial charge in [-0.3, -0.25) is 9.13 Å². The van der Waals surface area contributed by atoms with Crippen LogP contribution in [-0.2, 0) is 11.8 Å². The average molecular weight is 380 g/mol. The van der Waals surface area contributed by atoms with Crippen molar-refractivity contribution in [1.29, 1.82) is 0 Å². The monoisotopic (exact) mass is 380 g/mol. The van der Waals surface area contributed by atoms with E-state index in [2.05, 4.69) is 25.4 Å². The summed E-state index contributed by atoms with van der Waals surface area (Å²) >= 11 is 0. The fraction of sp³-hybridized carbons (Fsp3) is 0.389. The molecule has 5 rings (SSSR count). The number of nitrogens with zero attached hydrogens (tertiary/aromatic N) is 7. The Morgan fingerprint density at radius 2 is 2.07 bits per heavy atom. The lowest BCUT2D eigenvalue weighted by Crippen LogP contribution is -2.30. The third kappa shape index (κ3) is 2.64. The molecule has 28 heavy (non-hydrogen) atoms. The summed E-state index contributed by atoms with van der Waals surface area (Å²) in [4.78, 5) is 26.1. The highest BCUT2D eigenvalue weighted by molar-refractivity contribution is 5.73. The van der Waals surface area contributed by atoms with Crippen LogP contribution < -0.4 is 11.0 Å². The SMILES string of the molecule is Cc1cc2nccn2nc1Nc1ncc2c(n1)n(C1CCOCC1)c(=O)n2C. The molecule has 10 heteroatoms. The molecule has 4 aromatic heterocycles. The first-order valence-corrected chi connectivity index (χ1v) is 9.21. The van der Waals surface area contributed by atoms with Crippen LogP contribution in [0.2, 0.25) is 0 Å². The number of aryl methyl sites for hydroxylation is 2. The van der Waals surface area contributed by atoms with Gasteiger partial charge in [-0.25, -0.2) is 19.3 Å². The third-order valence-electron chi connectivity index (χ3n) is 5.20. The zero-order valence-electron chi connectivity index (χ0n) is 15.7. The van der Waals surface area contributed by atoms with Crippen molar-refractivity contribution in [3.8, 4) is 0 Å². The van der Waals surface area contributed by atoms with E-state index in [1.54, 1.807) is 39.3 Å². The lowest BCUT2D eigenvalue weighted by Gasteiger charge is -2.22. The molecule has 1 fully saturated rings. The number of aromatic nitrogens is 7. The second-order valence-corrected chi connectivity index (χ2v) is 6.99. The summed E-state index contributed by atoms with van der Waals surface area (Å²) in [6.07, 6.45) is 6.75. The van der Waals surface area contributed by atoms with Gasteiger partial charge in [0.05, 0.1) is 6.20 Å². The van der Waals surface area contributed by atoms with Gasteiger partial charge in [0.1, 0.15) is 5.52 Å². The number of fused-ring (bicyclic) bond motifs is 2. The van der Waals surface area contributed by atoms with Gasteiger partial charge in [0.15, 0.2) is 17.1 Å². The van der Waals surface area contributed by atoms with Gasteiger partial charge in [0.2, 0.25) is 5.95 Å². The van der Waals surface area contributed by atoms with E-state index in [4.69, 9.17) is 4.74 Å². The first-order chi connectivity index (χ1) is 13.6. The van der Waals surface area contributed by atoms with Crippen molar-refractivity contribution in [2.45, 2.75) is 25.8 Å². The molecule has 1 aliphatic rings. The van der Waals surface area contributed by atoms with Gasteiger partial charge in [-0.15, -0.1) is 5.10 Å². The van der Waals surface area contributed by atoms with Gasteiger partial charge >= 0.3 is 5.69 Å². The largest absolute Gasteiger partial charge is 0.381 e. The number of hydrogen-bond donors (Lipinski definition) is 1. The fourth-order valence-corrected chi connectivity index (χ4v) is 3.64. The maximum absolute atomic E-state index is 12.8. The molecule has 0 bridgehead atoms. The van der Waals surface area contributed by atoms with Crippen molar-refractivity contribution in [3.63, 3.8) is 0 Å². The highest BCUT2D eigenvalue weighted by Crippen LogP contribution is 2.24. The van der Waals surface area contributed by atoms with E-state index in [1.165, 1.54) is 0 Å². The van der Waals surface area contributed by atoms with E-state index >= 15 is 0 Å². The van der Waals surface area contributed by atoms with Crippen LogP contribution in [0.25, 0.3) is 16.8 Å². The highest BCUT2D eigenvalue weighted by atomic mass is 16.5. The minimum absolute atomic E-state index is 0.0786. The summed E-state index contributed by atoms with van der Waals surface area (Å²) < 4.78 is 10.5. The van der Waals surface area contributed by atoms with Crippen molar-refractivity contribution in [1.82, 2.24) is 33.7 Å². The topological polar surface area (TPSA) is 104 Å². The predicted octanol–water partition coefficient (Wildman–Crippen LogP) is 1.58. The minimum atomic E-state index is -0.0810. The predicted molar refractivity (Wildman–Crippen MR) is 103 cm³/mol. The Morgan fingerprint density at radius 3 is 2.89 bits per heavy atom. The Balaban J connectivity index is 1.58. The molecule has 0 amide bonds. The van der Waals surface area contributed by atoms with Crippen molar-refractivity contribution in [3.05, 3.63) is 40.7 Å². The minimum Gasteiger partial charge on any atom is -0.381 e. The van der Waals surface area contributed by atoms with Crippen LogP contribution in [0.4, 0.5) is 11.8 Å². The Kier molecular flexibility index (Phi) is 3.86. The van der Waals surface area contributed by atoms with Gasteiger partial charge in [-0.2, -0.15) is 4.98 Å². The number of rotatable bonds is 3. The number of imidazole rings is 2. The normalized spacial score (nSPS) is 15.5. The van der Waals surface area contributed by atoms with Gasteiger partial charge in [-0.1, -0.05) is 0 Å². The van der Waals surface area contributed by atoms with Crippen LogP contribution in [0.1, 0.15) is 24.4 Å². The lowest BCUT2D eigenvalue weighted by molar-refractivity contribution is 0.0695. The first-order valence-electron chi connectivity index (χ1n) is 9.21. The van der Waals surface area contributed by atoms with Crippen LogP contribution >= 0.6 is 0 Å². The quantitative estimate of drug-likeness (QED) is 0.575. The molecular weight excluding hydrogens is 360 g/mol. The summed E-state index contributed by atoms with van der Waals surface area (Å²) in [5.41, 5.74) is 2.95. The van der Waals surface area contributed by atoms with E-state index in [0.29, 0.717) is 36.1 Å². The fourth-order valence-electron chi connectivity index (χ4n) is 3.64. The average Bonchev–Trinajstić information content (AvgIpc) is 3.25. The molecule has 0 unspecified atom stereocenters. The van der Waals surface area contributed by atoms with Crippen LogP contribution in [0.5, 0.6) is 0 Å². The molecule has 1 N–H and O–H groups in total. The van der Waals surface area contributed by atoms with Crippen LogP contribution in [0.3, 0.4) is 0 Å². The van der Waals surface area contributed by atoms with Crippen LogP contribution in [0, 0.1) is 6.92 Å². The zero-order valence-corrected chi connectivity index (χ0v) is 15.7. The maximum Gasteiger partial charge on any atom is 0.330 e. The number of hydrogen-bond acceptors (Lipinski definition) is 7. The van der Waals surface area contributed by atoms with Crippen molar-refractivity contribution in [2.24, 2.45) is 7.05 Å². The molecule has 0 aromatic carbocycles. The second kappa shape index (κ2) is 6.41.